The summed E-state index contributed by atoms with van der Waals surface area (Å²) in [6.45, 7) is -0.684. The van der Waals surface area contributed by atoms with E-state index >= 15 is 0 Å². The van der Waals surface area contributed by atoms with Crippen LogP contribution in [0.4, 0.5) is 8.78 Å². The molecule has 0 saturated heterocycles. The molecule has 16 heavy (non-hydrogen) atoms. The molecule has 0 radical (unpaired) electrons. The number of carbonyl (C=O) groups excluding carboxylic acids is 1. The summed E-state index contributed by atoms with van der Waals surface area (Å²) in [5, 5.41) is -5.10. The Morgan fingerprint density at radius 1 is 1.56 bits per heavy atom. The number of rotatable bonds is 4. The molecule has 0 aliphatic rings. The summed E-state index contributed by atoms with van der Waals surface area (Å²) in [5.74, 6) is -2.40. The highest BCUT2D eigenvalue weighted by Crippen LogP contribution is 2.22. The van der Waals surface area contributed by atoms with Crippen molar-refractivity contribution in [3.8, 4) is 0 Å². The van der Waals surface area contributed by atoms with Gasteiger partial charge >= 0.3 is 11.2 Å². The van der Waals surface area contributed by atoms with Crippen LogP contribution in [-0.4, -0.2) is 24.2 Å². The molecule has 1 aromatic rings. The Labute approximate surface area is 88.6 Å². The van der Waals surface area contributed by atoms with Gasteiger partial charge in [0, 0.05) is 0 Å². The Morgan fingerprint density at radius 3 is 2.62 bits per heavy atom. The highest BCUT2D eigenvalue weighted by atomic mass is 32.2. The fourth-order valence-electron chi connectivity index (χ4n) is 0.717. The molecule has 9 heteroatoms. The zero-order valence-corrected chi connectivity index (χ0v) is 8.37. The van der Waals surface area contributed by atoms with Gasteiger partial charge in [0.1, 0.15) is 12.4 Å². The van der Waals surface area contributed by atoms with Crippen molar-refractivity contribution in [3.63, 3.8) is 0 Å². The third kappa shape index (κ3) is 2.55. The molecule has 0 atom stereocenters. The van der Waals surface area contributed by atoms with E-state index in [4.69, 9.17) is 0 Å². The van der Waals surface area contributed by atoms with Gasteiger partial charge in [-0.05, 0) is 12.1 Å². The van der Waals surface area contributed by atoms with Crippen LogP contribution in [0.3, 0.4) is 0 Å². The Bertz CT molecular complexity index is 463. The Hall–Kier alpha value is -1.48. The van der Waals surface area contributed by atoms with Gasteiger partial charge in [-0.25, -0.2) is 13.2 Å². The second-order valence-corrected chi connectivity index (χ2v) is 4.05. The van der Waals surface area contributed by atoms with E-state index in [0.29, 0.717) is 0 Å². The van der Waals surface area contributed by atoms with Crippen molar-refractivity contribution in [2.24, 2.45) is 0 Å². The number of hydrogen-bond acceptors (Lipinski definition) is 6. The summed E-state index contributed by atoms with van der Waals surface area (Å²) in [6, 6.07) is 2.72. The molecule has 0 N–H and O–H groups in total. The van der Waals surface area contributed by atoms with Crippen LogP contribution in [0.1, 0.15) is 5.76 Å². The zero-order valence-electron chi connectivity index (χ0n) is 7.55. The average molecular weight is 255 g/mol. The predicted molar refractivity (Wildman–Crippen MR) is 43.1 cm³/mol. The summed E-state index contributed by atoms with van der Waals surface area (Å²) in [7, 11) is -6.08. The van der Waals surface area contributed by atoms with E-state index in [1.54, 1.807) is 0 Å². The molecule has 1 heterocycles. The number of esters is 1. The first-order valence-electron chi connectivity index (χ1n) is 3.78. The molecule has 90 valence electrons. The van der Waals surface area contributed by atoms with Gasteiger partial charge in [0.2, 0.25) is 0 Å². The number of ether oxygens (including phenoxy) is 1. The van der Waals surface area contributed by atoms with Gasteiger partial charge in [0.05, 0.1) is 6.26 Å². The Kier molecular flexibility index (Phi) is 3.29. The third-order valence-corrected chi connectivity index (χ3v) is 2.27. The first-order chi connectivity index (χ1) is 7.25. The molecule has 0 spiro atoms. The topological polar surface area (TPSA) is 96.6 Å². The quantitative estimate of drug-likeness (QED) is 0.572. The number of carbonyl (C=O) groups is 1. The first-order valence-corrected chi connectivity index (χ1v) is 5.19. The number of alkyl halides is 2. The Balaban J connectivity index is 2.66. The molecule has 1 aromatic heterocycles. The van der Waals surface area contributed by atoms with E-state index in [9.17, 15) is 26.5 Å². The van der Waals surface area contributed by atoms with Crippen LogP contribution < -0.4 is 0 Å². The number of halogens is 2. The van der Waals surface area contributed by atoms with Crippen LogP contribution >= 0.6 is 0 Å². The lowest BCUT2D eigenvalue weighted by atomic mass is 10.5. The third-order valence-electron chi connectivity index (χ3n) is 1.48. The SMILES string of the molecule is O=C(OCc1ccco1)C(F)(F)S(=O)(=O)[O-]. The molecular formula is C7H5F2O6S-. The number of furan rings is 1. The van der Waals surface area contributed by atoms with Crippen molar-refractivity contribution in [1.82, 2.24) is 0 Å². The molecule has 0 aliphatic heterocycles. The molecule has 0 aliphatic carbocycles. The minimum absolute atomic E-state index is 0.0347. The second kappa shape index (κ2) is 4.18. The monoisotopic (exact) mass is 255 g/mol. The normalized spacial score (nSPS) is 12.4. The van der Waals surface area contributed by atoms with Crippen LogP contribution in [0.2, 0.25) is 0 Å². The molecule has 0 bridgehead atoms. The van der Waals surface area contributed by atoms with Gasteiger partial charge in [-0.2, -0.15) is 8.78 Å². The smallest absolute Gasteiger partial charge is 0.428 e. The van der Waals surface area contributed by atoms with E-state index in [0.717, 1.165) is 0 Å². The fourth-order valence-corrected chi connectivity index (χ4v) is 0.981. The molecule has 1 rings (SSSR count). The van der Waals surface area contributed by atoms with Crippen molar-refractivity contribution in [2.75, 3.05) is 0 Å². The second-order valence-electron chi connectivity index (χ2n) is 2.63. The maximum Gasteiger partial charge on any atom is 0.428 e. The van der Waals surface area contributed by atoms with Crippen LogP contribution in [-0.2, 0) is 26.3 Å². The summed E-state index contributed by atoms with van der Waals surface area (Å²) < 4.78 is 63.7. The maximum atomic E-state index is 12.5. The van der Waals surface area contributed by atoms with Gasteiger partial charge in [0.25, 0.3) is 0 Å². The van der Waals surface area contributed by atoms with Crippen molar-refractivity contribution in [2.45, 2.75) is 11.9 Å². The number of hydrogen-bond donors (Lipinski definition) is 0. The molecule has 0 unspecified atom stereocenters. The van der Waals surface area contributed by atoms with Crippen LogP contribution in [0, 0.1) is 0 Å². The zero-order chi connectivity index (χ0) is 12.4. The van der Waals surface area contributed by atoms with Gasteiger partial charge in [0.15, 0.2) is 10.1 Å². The molecule has 0 fully saturated rings. The van der Waals surface area contributed by atoms with Gasteiger partial charge in [-0.3, -0.25) is 0 Å². The van der Waals surface area contributed by atoms with Crippen LogP contribution in [0.5, 0.6) is 0 Å². The predicted octanol–water partition coefficient (Wildman–Crippen LogP) is 0.461. The highest BCUT2D eigenvalue weighted by molar-refractivity contribution is 7.87. The molecule has 0 amide bonds. The van der Waals surface area contributed by atoms with Crippen molar-refractivity contribution < 1.29 is 35.7 Å². The minimum atomic E-state index is -6.08. The summed E-state index contributed by atoms with van der Waals surface area (Å²) in [6.07, 6.45) is 1.20. The van der Waals surface area contributed by atoms with Crippen molar-refractivity contribution >= 4 is 16.1 Å². The van der Waals surface area contributed by atoms with E-state index in [-0.39, 0.29) is 5.76 Å². The summed E-state index contributed by atoms with van der Waals surface area (Å²) >= 11 is 0. The van der Waals surface area contributed by atoms with Gasteiger partial charge in [-0.15, -0.1) is 0 Å². The molecule has 0 saturated carbocycles. The maximum absolute atomic E-state index is 12.5. The van der Waals surface area contributed by atoms with E-state index in [1.165, 1.54) is 18.4 Å². The highest BCUT2D eigenvalue weighted by Gasteiger charge is 2.48. The Morgan fingerprint density at radius 2 is 2.19 bits per heavy atom. The largest absolute Gasteiger partial charge is 0.743 e. The van der Waals surface area contributed by atoms with Crippen molar-refractivity contribution in [1.29, 1.82) is 0 Å². The lowest BCUT2D eigenvalue weighted by Gasteiger charge is -2.17. The first kappa shape index (κ1) is 12.6. The standard InChI is InChI=1S/C7H6F2O6S/c8-7(9,16(11,12)13)6(10)15-4-5-2-1-3-14-5/h1-3H,4H2,(H,11,12,13)/p-1. The van der Waals surface area contributed by atoms with Crippen LogP contribution in [0.15, 0.2) is 22.8 Å². The summed E-state index contributed by atoms with van der Waals surface area (Å²) in [5.41, 5.74) is 0. The molecule has 0 aromatic carbocycles. The molecular weight excluding hydrogens is 250 g/mol. The molecule has 6 nitrogen and oxygen atoms in total. The minimum Gasteiger partial charge on any atom is -0.743 e. The van der Waals surface area contributed by atoms with E-state index < -0.39 is 27.9 Å². The van der Waals surface area contributed by atoms with Crippen LogP contribution in [0.25, 0.3) is 0 Å². The van der Waals surface area contributed by atoms with E-state index in [2.05, 4.69) is 9.15 Å². The van der Waals surface area contributed by atoms with E-state index in [1.807, 2.05) is 0 Å². The van der Waals surface area contributed by atoms with Gasteiger partial charge in [-0.1, -0.05) is 0 Å². The van der Waals surface area contributed by atoms with Crippen molar-refractivity contribution in [3.05, 3.63) is 24.2 Å². The lowest BCUT2D eigenvalue weighted by molar-refractivity contribution is -0.163. The fraction of sp³-hybridized carbons (Fsp3) is 0.286. The lowest BCUT2D eigenvalue weighted by Crippen LogP contribution is -2.38. The summed E-state index contributed by atoms with van der Waals surface area (Å²) in [4.78, 5) is 10.6. The van der Waals surface area contributed by atoms with Gasteiger partial charge < -0.3 is 13.7 Å². The average Bonchev–Trinajstić information content (AvgIpc) is 2.64.